The Morgan fingerprint density at radius 2 is 0.818 bits per heavy atom. The van der Waals surface area contributed by atoms with Crippen molar-refractivity contribution in [3.05, 3.63) is 144 Å². The average Bonchev–Trinajstić information content (AvgIpc) is 2.90. The van der Waals surface area contributed by atoms with Gasteiger partial charge in [-0.25, -0.2) is 0 Å². The molecule has 0 fully saturated rings. The summed E-state index contributed by atoms with van der Waals surface area (Å²) in [5.41, 5.74) is 3.73. The lowest BCUT2D eigenvalue weighted by molar-refractivity contribution is -0.0345. The van der Waals surface area contributed by atoms with E-state index in [9.17, 15) is 0 Å². The highest BCUT2D eigenvalue weighted by molar-refractivity contribution is 5.47. The van der Waals surface area contributed by atoms with E-state index in [4.69, 9.17) is 14.2 Å². The second-order valence-electron chi connectivity index (χ2n) is 7.78. The van der Waals surface area contributed by atoms with Gasteiger partial charge in [0.15, 0.2) is 0 Å². The van der Waals surface area contributed by atoms with Gasteiger partial charge in [0.25, 0.3) is 0 Å². The van der Waals surface area contributed by atoms with Crippen LogP contribution in [0.1, 0.15) is 22.3 Å². The summed E-state index contributed by atoms with van der Waals surface area (Å²) >= 11 is 0. The monoisotopic (exact) mass is 438 g/mol. The maximum absolute atomic E-state index is 6.70. The van der Waals surface area contributed by atoms with Crippen LogP contribution in [-0.2, 0) is 26.4 Å². The fourth-order valence-corrected chi connectivity index (χ4v) is 4.01. The van der Waals surface area contributed by atoms with E-state index in [-0.39, 0.29) is 0 Å². The first-order valence-corrected chi connectivity index (χ1v) is 11.4. The summed E-state index contributed by atoms with van der Waals surface area (Å²) in [7, 11) is 0. The number of benzene rings is 4. The molecule has 4 aromatic rings. The summed E-state index contributed by atoms with van der Waals surface area (Å²) in [6, 6.07) is 41.3. The molecule has 3 nitrogen and oxygen atoms in total. The molecule has 0 radical (unpaired) electrons. The van der Waals surface area contributed by atoms with Crippen LogP contribution in [0.5, 0.6) is 0 Å². The highest BCUT2D eigenvalue weighted by Gasteiger charge is 2.37. The molecule has 0 heterocycles. The zero-order valence-electron chi connectivity index (χ0n) is 18.8. The molecule has 0 aliphatic carbocycles. The van der Waals surface area contributed by atoms with Crippen molar-refractivity contribution < 1.29 is 14.2 Å². The van der Waals surface area contributed by atoms with E-state index in [0.29, 0.717) is 33.0 Å². The fourth-order valence-electron chi connectivity index (χ4n) is 4.01. The molecule has 0 aromatic heterocycles. The van der Waals surface area contributed by atoms with Crippen molar-refractivity contribution in [1.82, 2.24) is 0 Å². The van der Waals surface area contributed by atoms with Crippen LogP contribution in [0.25, 0.3) is 0 Å². The Morgan fingerprint density at radius 1 is 0.424 bits per heavy atom. The fraction of sp³-hybridized carbons (Fsp3) is 0.200. The maximum Gasteiger partial charge on any atom is 0.143 e. The van der Waals surface area contributed by atoms with Crippen LogP contribution in [0.15, 0.2) is 121 Å². The molecular formula is C30H30O3. The van der Waals surface area contributed by atoms with Gasteiger partial charge in [-0.3, -0.25) is 0 Å². The van der Waals surface area contributed by atoms with Crippen molar-refractivity contribution in [2.75, 3.05) is 26.4 Å². The standard InChI is InChI=1S/C30H30O3/c1-5-13-26(14-6-1)25-32-22-21-31-23-24-33-30(27-15-7-2-8-16-27,28-17-9-3-10-18-28)29-19-11-4-12-20-29/h1-20H,21-25H2. The minimum atomic E-state index is -0.711. The molecule has 0 unspecified atom stereocenters. The van der Waals surface area contributed by atoms with Gasteiger partial charge < -0.3 is 14.2 Å². The largest absolute Gasteiger partial charge is 0.377 e. The Hall–Kier alpha value is -3.24. The second-order valence-corrected chi connectivity index (χ2v) is 7.78. The third-order valence-electron chi connectivity index (χ3n) is 5.57. The Kier molecular flexibility index (Phi) is 8.42. The maximum atomic E-state index is 6.70. The molecule has 0 aliphatic heterocycles. The lowest BCUT2D eigenvalue weighted by Crippen LogP contribution is -2.34. The van der Waals surface area contributed by atoms with Gasteiger partial charge in [0.05, 0.1) is 33.0 Å². The zero-order chi connectivity index (χ0) is 22.6. The molecule has 0 spiro atoms. The number of ether oxygens (including phenoxy) is 3. The molecule has 4 aromatic carbocycles. The molecule has 0 amide bonds. The summed E-state index contributed by atoms with van der Waals surface area (Å²) in [5, 5.41) is 0. The first-order chi connectivity index (χ1) is 16.4. The van der Waals surface area contributed by atoms with E-state index in [2.05, 4.69) is 84.9 Å². The van der Waals surface area contributed by atoms with E-state index in [1.54, 1.807) is 0 Å². The van der Waals surface area contributed by atoms with Gasteiger partial charge >= 0.3 is 0 Å². The molecule has 0 saturated heterocycles. The average molecular weight is 439 g/mol. The van der Waals surface area contributed by atoms with Crippen LogP contribution in [0.4, 0.5) is 0 Å². The van der Waals surface area contributed by atoms with E-state index in [1.807, 2.05) is 36.4 Å². The summed E-state index contributed by atoms with van der Waals surface area (Å²) in [6.07, 6.45) is 0. The molecule has 4 rings (SSSR count). The van der Waals surface area contributed by atoms with Crippen molar-refractivity contribution >= 4 is 0 Å². The van der Waals surface area contributed by atoms with Crippen molar-refractivity contribution in [2.24, 2.45) is 0 Å². The van der Waals surface area contributed by atoms with E-state index < -0.39 is 5.60 Å². The zero-order valence-corrected chi connectivity index (χ0v) is 18.8. The summed E-state index contributed by atoms with van der Waals surface area (Å²) in [5.74, 6) is 0. The molecule has 168 valence electrons. The topological polar surface area (TPSA) is 27.7 Å². The second kappa shape index (κ2) is 12.1. The molecule has 0 N–H and O–H groups in total. The summed E-state index contributed by atoms with van der Waals surface area (Å²) in [6.45, 7) is 2.63. The number of hydrogen-bond donors (Lipinski definition) is 0. The van der Waals surface area contributed by atoms with Gasteiger partial charge in [0.2, 0.25) is 0 Å². The Morgan fingerprint density at radius 3 is 1.30 bits per heavy atom. The van der Waals surface area contributed by atoms with E-state index in [1.165, 1.54) is 5.56 Å². The van der Waals surface area contributed by atoms with Crippen molar-refractivity contribution in [1.29, 1.82) is 0 Å². The van der Waals surface area contributed by atoms with Crippen LogP contribution in [0.3, 0.4) is 0 Å². The SMILES string of the molecule is c1ccc(COCCOCCOC(c2ccccc2)(c2ccccc2)c2ccccc2)cc1. The third kappa shape index (κ3) is 5.96. The predicted octanol–water partition coefficient (Wildman–Crippen LogP) is 6.23. The molecule has 0 atom stereocenters. The van der Waals surface area contributed by atoms with Crippen molar-refractivity contribution in [2.45, 2.75) is 12.2 Å². The van der Waals surface area contributed by atoms with Gasteiger partial charge in [0, 0.05) is 0 Å². The Bertz CT molecular complexity index is 954. The van der Waals surface area contributed by atoms with Crippen molar-refractivity contribution in [3.63, 3.8) is 0 Å². The quantitative estimate of drug-likeness (QED) is 0.194. The predicted molar refractivity (Wildman–Crippen MR) is 132 cm³/mol. The van der Waals surface area contributed by atoms with Gasteiger partial charge in [-0.05, 0) is 22.3 Å². The first-order valence-electron chi connectivity index (χ1n) is 11.4. The highest BCUT2D eigenvalue weighted by atomic mass is 16.5. The van der Waals surface area contributed by atoms with Crippen LogP contribution in [0, 0.1) is 0 Å². The highest BCUT2D eigenvalue weighted by Crippen LogP contribution is 2.40. The molecule has 0 aliphatic rings. The number of rotatable bonds is 12. The van der Waals surface area contributed by atoms with Gasteiger partial charge in [-0.1, -0.05) is 121 Å². The van der Waals surface area contributed by atoms with E-state index >= 15 is 0 Å². The summed E-state index contributed by atoms with van der Waals surface area (Å²) < 4.78 is 18.2. The lowest BCUT2D eigenvalue weighted by Gasteiger charge is -2.36. The van der Waals surface area contributed by atoms with Crippen LogP contribution >= 0.6 is 0 Å². The smallest absolute Gasteiger partial charge is 0.143 e. The molecular weight excluding hydrogens is 408 g/mol. The summed E-state index contributed by atoms with van der Waals surface area (Å²) in [4.78, 5) is 0. The van der Waals surface area contributed by atoms with Crippen LogP contribution in [0.2, 0.25) is 0 Å². The first kappa shape index (κ1) is 22.9. The van der Waals surface area contributed by atoms with Gasteiger partial charge in [-0.15, -0.1) is 0 Å². The minimum Gasteiger partial charge on any atom is -0.377 e. The Labute approximate surface area is 196 Å². The molecule has 3 heteroatoms. The number of hydrogen-bond acceptors (Lipinski definition) is 3. The van der Waals surface area contributed by atoms with Gasteiger partial charge in [-0.2, -0.15) is 0 Å². The molecule has 33 heavy (non-hydrogen) atoms. The van der Waals surface area contributed by atoms with Gasteiger partial charge in [0.1, 0.15) is 5.60 Å². The molecule has 0 bridgehead atoms. The van der Waals surface area contributed by atoms with E-state index in [0.717, 1.165) is 16.7 Å². The van der Waals surface area contributed by atoms with Crippen LogP contribution in [-0.4, -0.2) is 26.4 Å². The van der Waals surface area contributed by atoms with Crippen LogP contribution < -0.4 is 0 Å². The molecule has 0 saturated carbocycles. The lowest BCUT2D eigenvalue weighted by atomic mass is 9.80. The van der Waals surface area contributed by atoms with Crippen molar-refractivity contribution in [3.8, 4) is 0 Å². The Balaban J connectivity index is 1.41. The minimum absolute atomic E-state index is 0.456. The third-order valence-corrected chi connectivity index (χ3v) is 5.57. The normalized spacial score (nSPS) is 11.4.